The molecule has 3 aromatic rings. The van der Waals surface area contributed by atoms with E-state index in [1.54, 1.807) is 31.5 Å². The number of hydrogen-bond donors (Lipinski definition) is 2. The van der Waals surface area contributed by atoms with Crippen LogP contribution in [0, 0.1) is 0 Å². The van der Waals surface area contributed by atoms with Crippen LogP contribution < -0.4 is 20.7 Å². The number of nitrogens with zero attached hydrogens (tertiary/aromatic N) is 2. The molecule has 6 nitrogen and oxygen atoms in total. The van der Waals surface area contributed by atoms with Gasteiger partial charge in [0.1, 0.15) is 11.8 Å². The average Bonchev–Trinajstić information content (AvgIpc) is 2.85. The van der Waals surface area contributed by atoms with Crippen molar-refractivity contribution in [2.24, 2.45) is 0 Å². The number of rotatable bonds is 4. The monoisotopic (exact) mass is 400 g/mol. The van der Waals surface area contributed by atoms with Gasteiger partial charge in [-0.3, -0.25) is 9.78 Å². The summed E-state index contributed by atoms with van der Waals surface area (Å²) in [6.07, 6.45) is 3.91. The Balaban J connectivity index is 1.57. The van der Waals surface area contributed by atoms with Crippen LogP contribution in [0.1, 0.15) is 11.1 Å². The fourth-order valence-electron chi connectivity index (χ4n) is 3.74. The number of amides is 1. The van der Waals surface area contributed by atoms with Gasteiger partial charge in [0.25, 0.3) is 0 Å². The molecule has 0 fully saturated rings. The molecule has 1 aliphatic rings. The van der Waals surface area contributed by atoms with Gasteiger partial charge in [0.15, 0.2) is 0 Å². The summed E-state index contributed by atoms with van der Waals surface area (Å²) in [5.41, 5.74) is 12.0. The van der Waals surface area contributed by atoms with E-state index < -0.39 is 6.04 Å². The van der Waals surface area contributed by atoms with Crippen LogP contribution in [0.2, 0.25) is 0 Å². The number of fused-ring (bicyclic) bond motifs is 1. The van der Waals surface area contributed by atoms with Crippen molar-refractivity contribution in [3.8, 4) is 16.9 Å². The molecule has 0 aliphatic carbocycles. The molecule has 30 heavy (non-hydrogen) atoms. The summed E-state index contributed by atoms with van der Waals surface area (Å²) in [6, 6.07) is 15.2. The Labute approximate surface area is 176 Å². The molecule has 1 aliphatic heterocycles. The Kier molecular flexibility index (Phi) is 5.14. The highest BCUT2D eigenvalue weighted by atomic mass is 16.5. The van der Waals surface area contributed by atoms with Crippen molar-refractivity contribution >= 4 is 23.0 Å². The summed E-state index contributed by atoms with van der Waals surface area (Å²) in [4.78, 5) is 18.8. The minimum Gasteiger partial charge on any atom is -0.497 e. The Morgan fingerprint density at radius 3 is 2.63 bits per heavy atom. The fourth-order valence-corrected chi connectivity index (χ4v) is 3.74. The average molecular weight is 400 g/mol. The van der Waals surface area contributed by atoms with Crippen molar-refractivity contribution in [1.82, 2.24) is 10.3 Å². The molecular weight excluding hydrogens is 376 g/mol. The number of aromatic nitrogens is 1. The van der Waals surface area contributed by atoms with Gasteiger partial charge < -0.3 is 20.7 Å². The number of carbonyl (C=O) groups excluding carboxylic acids is 1. The number of pyridine rings is 1. The third-order valence-corrected chi connectivity index (χ3v) is 5.42. The summed E-state index contributed by atoms with van der Waals surface area (Å²) in [5, 5.41) is 3.30. The number of hydrogen-bond acceptors (Lipinski definition) is 5. The first-order valence-electron chi connectivity index (χ1n) is 9.68. The Bertz CT molecular complexity index is 1110. The lowest BCUT2D eigenvalue weighted by atomic mass is 10.00. The first-order valence-corrected chi connectivity index (χ1v) is 9.68. The number of anilines is 2. The normalized spacial score (nSPS) is 15.9. The predicted molar refractivity (Wildman–Crippen MR) is 120 cm³/mol. The highest BCUT2D eigenvalue weighted by molar-refractivity contribution is 6.02. The molecule has 2 aromatic carbocycles. The lowest BCUT2D eigenvalue weighted by Gasteiger charge is -2.21. The van der Waals surface area contributed by atoms with Gasteiger partial charge in [-0.25, -0.2) is 0 Å². The molecular formula is C24H24N4O2. The molecule has 152 valence electrons. The fraction of sp³-hybridized carbons (Fsp3) is 0.167. The molecule has 2 heterocycles. The third-order valence-electron chi connectivity index (χ3n) is 5.42. The SMILES string of the molecule is C=C1NC(Cc2ccc(-c3ccncc3N)cc2)C(=O)N(C)c2ccc(OC)cc21. The predicted octanol–water partition coefficient (Wildman–Crippen LogP) is 3.49. The van der Waals surface area contributed by atoms with E-state index in [1.807, 2.05) is 48.5 Å². The Hall–Kier alpha value is -3.80. The van der Waals surface area contributed by atoms with E-state index >= 15 is 0 Å². The van der Waals surface area contributed by atoms with Gasteiger partial charge in [0.2, 0.25) is 5.91 Å². The summed E-state index contributed by atoms with van der Waals surface area (Å²) < 4.78 is 5.32. The first-order chi connectivity index (χ1) is 14.5. The number of methoxy groups -OCH3 is 1. The van der Waals surface area contributed by atoms with E-state index in [2.05, 4.69) is 16.9 Å². The summed E-state index contributed by atoms with van der Waals surface area (Å²) >= 11 is 0. The molecule has 4 rings (SSSR count). The first kappa shape index (κ1) is 19.5. The minimum absolute atomic E-state index is 0.0116. The second-order valence-electron chi connectivity index (χ2n) is 7.32. The maximum atomic E-state index is 13.1. The molecule has 0 saturated heterocycles. The van der Waals surface area contributed by atoms with Crippen LogP contribution in [0.3, 0.4) is 0 Å². The van der Waals surface area contributed by atoms with E-state index in [-0.39, 0.29) is 5.91 Å². The van der Waals surface area contributed by atoms with Gasteiger partial charge >= 0.3 is 0 Å². The van der Waals surface area contributed by atoms with Gasteiger partial charge in [-0.15, -0.1) is 0 Å². The van der Waals surface area contributed by atoms with E-state index in [9.17, 15) is 4.79 Å². The van der Waals surface area contributed by atoms with Crippen molar-refractivity contribution < 1.29 is 9.53 Å². The van der Waals surface area contributed by atoms with Crippen molar-refractivity contribution in [2.75, 3.05) is 24.8 Å². The Morgan fingerprint density at radius 2 is 1.93 bits per heavy atom. The Morgan fingerprint density at radius 1 is 1.17 bits per heavy atom. The molecule has 0 spiro atoms. The molecule has 0 radical (unpaired) electrons. The van der Waals surface area contributed by atoms with Crippen molar-refractivity contribution in [3.05, 3.63) is 78.6 Å². The third kappa shape index (κ3) is 3.59. The molecule has 1 unspecified atom stereocenters. The van der Waals surface area contributed by atoms with E-state index in [1.165, 1.54) is 0 Å². The lowest BCUT2D eigenvalue weighted by molar-refractivity contribution is -0.119. The van der Waals surface area contributed by atoms with Crippen LogP contribution in [0.4, 0.5) is 11.4 Å². The zero-order valence-corrected chi connectivity index (χ0v) is 17.1. The van der Waals surface area contributed by atoms with Crippen molar-refractivity contribution in [1.29, 1.82) is 0 Å². The highest BCUT2D eigenvalue weighted by Crippen LogP contribution is 2.32. The van der Waals surface area contributed by atoms with Gasteiger partial charge in [-0.2, -0.15) is 0 Å². The molecule has 0 saturated carbocycles. The highest BCUT2D eigenvalue weighted by Gasteiger charge is 2.29. The maximum absolute atomic E-state index is 13.1. The standard InChI is InChI=1S/C24H24N4O2/c1-15-20-13-18(30-3)8-9-23(20)28(2)24(29)22(27-15)12-16-4-6-17(7-5-16)19-10-11-26-14-21(19)25/h4-11,13-14,22,27H,1,12,25H2,2-3H3. The minimum atomic E-state index is -0.419. The zero-order chi connectivity index (χ0) is 21.3. The van der Waals surface area contributed by atoms with E-state index in [0.29, 0.717) is 17.8 Å². The largest absolute Gasteiger partial charge is 0.497 e. The van der Waals surface area contributed by atoms with Crippen molar-refractivity contribution in [2.45, 2.75) is 12.5 Å². The quantitative estimate of drug-likeness (QED) is 0.701. The number of nitrogen functional groups attached to an aromatic ring is 1. The smallest absolute Gasteiger partial charge is 0.249 e. The molecule has 1 amide bonds. The van der Waals surface area contributed by atoms with E-state index in [0.717, 1.165) is 33.7 Å². The topological polar surface area (TPSA) is 80.5 Å². The van der Waals surface area contributed by atoms with Gasteiger partial charge in [-0.1, -0.05) is 30.8 Å². The summed E-state index contributed by atoms with van der Waals surface area (Å²) in [7, 11) is 3.41. The molecule has 6 heteroatoms. The number of benzene rings is 2. The number of nitrogens with two attached hydrogens (primary N) is 1. The zero-order valence-electron chi connectivity index (χ0n) is 17.1. The number of ether oxygens (including phenoxy) is 1. The second-order valence-corrected chi connectivity index (χ2v) is 7.32. The van der Waals surface area contributed by atoms with E-state index in [4.69, 9.17) is 10.5 Å². The molecule has 1 atom stereocenters. The molecule has 3 N–H and O–H groups in total. The summed E-state index contributed by atoms with van der Waals surface area (Å²) in [5.74, 6) is 0.712. The summed E-state index contributed by atoms with van der Waals surface area (Å²) in [6.45, 7) is 4.15. The lowest BCUT2D eigenvalue weighted by Crippen LogP contribution is -2.43. The molecule has 0 bridgehead atoms. The van der Waals surface area contributed by atoms with Gasteiger partial charge in [-0.05, 0) is 35.4 Å². The van der Waals surface area contributed by atoms with Crippen LogP contribution in [0.15, 0.2) is 67.5 Å². The van der Waals surface area contributed by atoms with Crippen LogP contribution in [0.25, 0.3) is 16.8 Å². The maximum Gasteiger partial charge on any atom is 0.249 e. The van der Waals surface area contributed by atoms with Crippen LogP contribution in [-0.2, 0) is 11.2 Å². The van der Waals surface area contributed by atoms with Crippen LogP contribution >= 0.6 is 0 Å². The van der Waals surface area contributed by atoms with Gasteiger partial charge in [0.05, 0.1) is 24.7 Å². The number of likely N-dealkylation sites (N-methyl/N-ethyl adjacent to an activating group) is 1. The van der Waals surface area contributed by atoms with Crippen LogP contribution in [-0.4, -0.2) is 31.1 Å². The van der Waals surface area contributed by atoms with Crippen molar-refractivity contribution in [3.63, 3.8) is 0 Å². The second kappa shape index (κ2) is 7.91. The number of carbonyl (C=O) groups is 1. The molecule has 1 aromatic heterocycles. The van der Waals surface area contributed by atoms with Crippen LogP contribution in [0.5, 0.6) is 5.75 Å². The number of nitrogens with one attached hydrogen (secondary N) is 1. The van der Waals surface area contributed by atoms with Gasteiger partial charge in [0, 0.05) is 36.5 Å².